The van der Waals surface area contributed by atoms with E-state index in [1.54, 1.807) is 72.8 Å². The summed E-state index contributed by atoms with van der Waals surface area (Å²) in [5.74, 6) is -0.640. The van der Waals surface area contributed by atoms with Crippen LogP contribution in [0.1, 0.15) is 20.7 Å². The van der Waals surface area contributed by atoms with Gasteiger partial charge in [0.15, 0.2) is 0 Å². The third kappa shape index (κ3) is 2.35. The Balaban J connectivity index is 1.61. The third-order valence-electron chi connectivity index (χ3n) is 4.68. The van der Waals surface area contributed by atoms with Crippen molar-refractivity contribution in [2.45, 2.75) is 0 Å². The van der Waals surface area contributed by atoms with Crippen molar-refractivity contribution >= 4 is 28.4 Å². The minimum atomic E-state index is -0.494. The summed E-state index contributed by atoms with van der Waals surface area (Å²) in [6.07, 6.45) is 0. The van der Waals surface area contributed by atoms with E-state index in [4.69, 9.17) is 4.42 Å². The van der Waals surface area contributed by atoms with Gasteiger partial charge in [-0.2, -0.15) is 0 Å². The molecule has 2 amide bonds. The standard InChI is InChI=1S/C22H12N2O4/c25-20-15-8-1-2-9-16(15)21(26)24(20)14-7-5-6-13(12-14)19-23-18-11-4-3-10-17(18)22(27)28-19/h1-12H. The van der Waals surface area contributed by atoms with E-state index in [1.165, 1.54) is 0 Å². The molecule has 0 bridgehead atoms. The average Bonchev–Trinajstić information content (AvgIpc) is 2.99. The molecule has 0 atom stereocenters. The Kier molecular flexibility index (Phi) is 3.45. The molecule has 1 aliphatic heterocycles. The summed E-state index contributed by atoms with van der Waals surface area (Å²) in [6.45, 7) is 0. The number of rotatable bonds is 2. The highest BCUT2D eigenvalue weighted by atomic mass is 16.4. The van der Waals surface area contributed by atoms with E-state index in [0.717, 1.165) is 4.90 Å². The molecule has 1 aliphatic rings. The first kappa shape index (κ1) is 16.1. The van der Waals surface area contributed by atoms with Crippen molar-refractivity contribution in [3.63, 3.8) is 0 Å². The lowest BCUT2D eigenvalue weighted by Gasteiger charge is -2.14. The van der Waals surface area contributed by atoms with Gasteiger partial charge in [0.05, 0.1) is 27.7 Å². The maximum Gasteiger partial charge on any atom is 0.347 e. The number of benzene rings is 3. The average molecular weight is 368 g/mol. The van der Waals surface area contributed by atoms with Crippen LogP contribution in [0.5, 0.6) is 0 Å². The minimum Gasteiger partial charge on any atom is -0.403 e. The van der Waals surface area contributed by atoms with Gasteiger partial charge in [-0.1, -0.05) is 30.3 Å². The Morgan fingerprint density at radius 1 is 0.750 bits per heavy atom. The molecule has 0 N–H and O–H groups in total. The summed E-state index contributed by atoms with van der Waals surface area (Å²) in [5.41, 5.74) is 1.64. The molecule has 0 aliphatic carbocycles. The van der Waals surface area contributed by atoms with Gasteiger partial charge in [-0.05, 0) is 42.5 Å². The summed E-state index contributed by atoms with van der Waals surface area (Å²) in [7, 11) is 0. The third-order valence-corrected chi connectivity index (χ3v) is 4.68. The normalized spacial score (nSPS) is 13.2. The monoisotopic (exact) mass is 368 g/mol. The van der Waals surface area contributed by atoms with Gasteiger partial charge in [0, 0.05) is 5.56 Å². The van der Waals surface area contributed by atoms with Crippen LogP contribution in [0, 0.1) is 0 Å². The second-order valence-electron chi connectivity index (χ2n) is 6.37. The van der Waals surface area contributed by atoms with Crippen LogP contribution in [0.25, 0.3) is 22.4 Å². The molecule has 3 aromatic carbocycles. The smallest absolute Gasteiger partial charge is 0.347 e. The molecular weight excluding hydrogens is 356 g/mol. The molecule has 6 heteroatoms. The van der Waals surface area contributed by atoms with Crippen molar-refractivity contribution in [3.05, 3.63) is 94.3 Å². The van der Waals surface area contributed by atoms with Crippen LogP contribution in [0.4, 0.5) is 5.69 Å². The first-order valence-electron chi connectivity index (χ1n) is 8.61. The molecule has 0 unspecified atom stereocenters. The van der Waals surface area contributed by atoms with Crippen LogP contribution < -0.4 is 10.5 Å². The van der Waals surface area contributed by atoms with E-state index in [1.807, 2.05) is 0 Å². The number of aromatic nitrogens is 1. The predicted octanol–water partition coefficient (Wildman–Crippen LogP) is 3.66. The molecule has 0 spiro atoms. The lowest BCUT2D eigenvalue weighted by atomic mass is 10.1. The zero-order valence-electron chi connectivity index (χ0n) is 14.5. The van der Waals surface area contributed by atoms with Gasteiger partial charge in [0.1, 0.15) is 0 Å². The summed E-state index contributed by atoms with van der Waals surface area (Å²) >= 11 is 0. The van der Waals surface area contributed by atoms with Crippen molar-refractivity contribution in [1.82, 2.24) is 4.98 Å². The molecule has 0 saturated carbocycles. The van der Waals surface area contributed by atoms with Crippen molar-refractivity contribution in [1.29, 1.82) is 0 Å². The molecule has 2 heterocycles. The fourth-order valence-corrected chi connectivity index (χ4v) is 3.34. The molecular formula is C22H12N2O4. The minimum absolute atomic E-state index is 0.127. The first-order valence-corrected chi connectivity index (χ1v) is 8.61. The highest BCUT2D eigenvalue weighted by Crippen LogP contribution is 2.30. The van der Waals surface area contributed by atoms with Crippen LogP contribution >= 0.6 is 0 Å². The highest BCUT2D eigenvalue weighted by molar-refractivity contribution is 6.34. The van der Waals surface area contributed by atoms with Gasteiger partial charge in [-0.25, -0.2) is 14.7 Å². The zero-order chi connectivity index (χ0) is 19.3. The topological polar surface area (TPSA) is 80.5 Å². The summed E-state index contributed by atoms with van der Waals surface area (Å²) < 4.78 is 5.35. The maximum atomic E-state index is 12.7. The maximum absolute atomic E-state index is 12.7. The molecule has 0 fully saturated rings. The largest absolute Gasteiger partial charge is 0.403 e. The van der Waals surface area contributed by atoms with Gasteiger partial charge in [-0.15, -0.1) is 0 Å². The van der Waals surface area contributed by atoms with E-state index >= 15 is 0 Å². The van der Waals surface area contributed by atoms with Gasteiger partial charge < -0.3 is 4.42 Å². The molecule has 1 aromatic heterocycles. The van der Waals surface area contributed by atoms with E-state index in [-0.39, 0.29) is 17.7 Å². The van der Waals surface area contributed by atoms with E-state index in [0.29, 0.717) is 33.3 Å². The quantitative estimate of drug-likeness (QED) is 0.505. The number of anilines is 1. The molecule has 6 nitrogen and oxygen atoms in total. The lowest BCUT2D eigenvalue weighted by molar-refractivity contribution is 0.0926. The van der Waals surface area contributed by atoms with Gasteiger partial charge in [0.2, 0.25) is 5.89 Å². The number of amides is 2. The summed E-state index contributed by atoms with van der Waals surface area (Å²) in [6, 6.07) is 20.3. The van der Waals surface area contributed by atoms with E-state index in [2.05, 4.69) is 4.98 Å². The first-order chi connectivity index (χ1) is 13.6. The number of hydrogen-bond acceptors (Lipinski definition) is 5. The molecule has 5 rings (SSSR count). The second-order valence-corrected chi connectivity index (χ2v) is 6.37. The van der Waals surface area contributed by atoms with Gasteiger partial charge in [0.25, 0.3) is 11.8 Å². The zero-order valence-corrected chi connectivity index (χ0v) is 14.5. The molecule has 0 radical (unpaired) electrons. The van der Waals surface area contributed by atoms with E-state index < -0.39 is 5.63 Å². The number of fused-ring (bicyclic) bond motifs is 2. The summed E-state index contributed by atoms with van der Waals surface area (Å²) in [5, 5.41) is 0.391. The van der Waals surface area contributed by atoms with E-state index in [9.17, 15) is 14.4 Å². The Hall–Kier alpha value is -4.06. The summed E-state index contributed by atoms with van der Waals surface area (Å²) in [4.78, 5) is 43.2. The SMILES string of the molecule is O=C1c2ccccc2C(=O)N1c1cccc(-c2nc3ccccc3c(=O)o2)c1. The van der Waals surface area contributed by atoms with Crippen LogP contribution in [-0.2, 0) is 0 Å². The molecule has 0 saturated heterocycles. The fraction of sp³-hybridized carbons (Fsp3) is 0. The van der Waals surface area contributed by atoms with Crippen LogP contribution in [-0.4, -0.2) is 16.8 Å². The van der Waals surface area contributed by atoms with Gasteiger partial charge >= 0.3 is 5.63 Å². The van der Waals surface area contributed by atoms with Crippen molar-refractivity contribution < 1.29 is 14.0 Å². The lowest BCUT2D eigenvalue weighted by Crippen LogP contribution is -2.29. The molecule has 134 valence electrons. The predicted molar refractivity (Wildman–Crippen MR) is 103 cm³/mol. The van der Waals surface area contributed by atoms with Crippen LogP contribution in [0.2, 0.25) is 0 Å². The highest BCUT2D eigenvalue weighted by Gasteiger charge is 2.36. The van der Waals surface area contributed by atoms with Crippen molar-refractivity contribution in [2.24, 2.45) is 0 Å². The Morgan fingerprint density at radius 2 is 1.43 bits per heavy atom. The van der Waals surface area contributed by atoms with Gasteiger partial charge in [-0.3, -0.25) is 9.59 Å². The Labute approximate surface area is 158 Å². The molecule has 4 aromatic rings. The number of carbonyl (C=O) groups excluding carboxylic acids is 2. The molecule has 28 heavy (non-hydrogen) atoms. The van der Waals surface area contributed by atoms with Crippen LogP contribution in [0.3, 0.4) is 0 Å². The number of carbonyl (C=O) groups is 2. The van der Waals surface area contributed by atoms with Crippen LogP contribution in [0.15, 0.2) is 82.0 Å². The Bertz CT molecular complexity index is 1300. The number of imide groups is 1. The van der Waals surface area contributed by atoms with Crippen molar-refractivity contribution in [2.75, 3.05) is 4.90 Å². The second kappa shape index (κ2) is 5.99. The number of nitrogens with zero attached hydrogens (tertiary/aromatic N) is 2. The number of hydrogen-bond donors (Lipinski definition) is 0. The number of para-hydroxylation sites is 1. The Morgan fingerprint density at radius 3 is 2.18 bits per heavy atom. The fourth-order valence-electron chi connectivity index (χ4n) is 3.34. The van der Waals surface area contributed by atoms with Crippen molar-refractivity contribution in [3.8, 4) is 11.5 Å².